The lowest BCUT2D eigenvalue weighted by Gasteiger charge is -2.23. The van der Waals surface area contributed by atoms with Gasteiger partial charge in [0.2, 0.25) is 0 Å². The fourth-order valence-corrected chi connectivity index (χ4v) is 2.18. The maximum Gasteiger partial charge on any atom is 0.0360 e. The lowest BCUT2D eigenvalue weighted by Crippen LogP contribution is -2.41. The van der Waals surface area contributed by atoms with Crippen LogP contribution in [0.15, 0.2) is 0 Å². The van der Waals surface area contributed by atoms with Crippen molar-refractivity contribution in [2.45, 2.75) is 25.8 Å². The van der Waals surface area contributed by atoms with Crippen molar-refractivity contribution < 1.29 is 4.21 Å². The fraction of sp³-hybridized carbons (Fsp3) is 1.00. The summed E-state index contributed by atoms with van der Waals surface area (Å²) in [6, 6.07) is 0.648. The summed E-state index contributed by atoms with van der Waals surface area (Å²) in [5.41, 5.74) is 0. The third-order valence-corrected chi connectivity index (χ3v) is 3.73. The van der Waals surface area contributed by atoms with Crippen LogP contribution in [0.2, 0.25) is 0 Å². The summed E-state index contributed by atoms with van der Waals surface area (Å²) in [5.74, 6) is 1.59. The van der Waals surface area contributed by atoms with E-state index in [1.54, 1.807) is 0 Å². The first-order valence-electron chi connectivity index (χ1n) is 5.12. The molecule has 1 rings (SSSR count). The molecule has 0 radical (unpaired) electrons. The first kappa shape index (κ1) is 11.1. The van der Waals surface area contributed by atoms with Crippen molar-refractivity contribution in [3.63, 3.8) is 0 Å². The summed E-state index contributed by atoms with van der Waals surface area (Å²) >= 11 is 0. The molecule has 0 bridgehead atoms. The molecule has 0 aliphatic carbocycles. The maximum atomic E-state index is 11.1. The van der Waals surface area contributed by atoms with Gasteiger partial charge in [-0.25, -0.2) is 0 Å². The second-order valence-electron chi connectivity index (χ2n) is 3.41. The van der Waals surface area contributed by atoms with Gasteiger partial charge in [0.15, 0.2) is 0 Å². The summed E-state index contributed by atoms with van der Waals surface area (Å²) < 4.78 is 11.1. The minimum atomic E-state index is -0.609. The average molecular weight is 204 g/mol. The molecule has 1 aliphatic heterocycles. The highest BCUT2D eigenvalue weighted by Gasteiger charge is 2.11. The minimum absolute atomic E-state index is 0.609. The molecule has 1 fully saturated rings. The summed E-state index contributed by atoms with van der Waals surface area (Å²) in [6.45, 7) is 5.12. The molecular formula is C9H20N2OS. The molecule has 0 aromatic rings. The Hall–Kier alpha value is 0.0700. The van der Waals surface area contributed by atoms with Crippen LogP contribution < -0.4 is 10.6 Å². The standard InChI is InChI=1S/C9H20N2OS/c1-2-13(12)8-7-11-9-3-5-10-6-4-9/h9-11H,2-8H2,1H3. The molecule has 1 aliphatic rings. The molecular weight excluding hydrogens is 184 g/mol. The van der Waals surface area contributed by atoms with Gasteiger partial charge in [0.25, 0.3) is 0 Å². The van der Waals surface area contributed by atoms with Crippen LogP contribution in [-0.4, -0.2) is 41.4 Å². The number of rotatable bonds is 5. The Balaban J connectivity index is 2.01. The Morgan fingerprint density at radius 3 is 2.77 bits per heavy atom. The lowest BCUT2D eigenvalue weighted by molar-refractivity contribution is 0.395. The van der Waals surface area contributed by atoms with Crippen LogP contribution >= 0.6 is 0 Å². The Kier molecular flexibility index (Phi) is 5.58. The second-order valence-corrected chi connectivity index (χ2v) is 5.28. The Morgan fingerprint density at radius 2 is 2.15 bits per heavy atom. The highest BCUT2D eigenvalue weighted by molar-refractivity contribution is 7.84. The molecule has 0 amide bonds. The molecule has 0 spiro atoms. The van der Waals surface area contributed by atoms with Gasteiger partial charge in [-0.15, -0.1) is 0 Å². The van der Waals surface area contributed by atoms with Gasteiger partial charge in [-0.2, -0.15) is 0 Å². The van der Waals surface area contributed by atoms with E-state index in [0.29, 0.717) is 6.04 Å². The first-order chi connectivity index (χ1) is 6.33. The molecule has 1 saturated heterocycles. The zero-order valence-electron chi connectivity index (χ0n) is 8.34. The molecule has 13 heavy (non-hydrogen) atoms. The highest BCUT2D eigenvalue weighted by Crippen LogP contribution is 2.00. The van der Waals surface area contributed by atoms with Gasteiger partial charge in [-0.3, -0.25) is 4.21 Å². The summed E-state index contributed by atoms with van der Waals surface area (Å²) in [6.07, 6.45) is 2.41. The third kappa shape index (κ3) is 4.74. The molecule has 3 nitrogen and oxygen atoms in total. The van der Waals surface area contributed by atoms with Crippen LogP contribution in [-0.2, 0) is 10.8 Å². The summed E-state index contributed by atoms with van der Waals surface area (Å²) in [7, 11) is -0.609. The minimum Gasteiger partial charge on any atom is -0.317 e. The van der Waals surface area contributed by atoms with Gasteiger partial charge >= 0.3 is 0 Å². The van der Waals surface area contributed by atoms with Crippen LogP contribution in [0.1, 0.15) is 19.8 Å². The predicted octanol–water partition coefficient (Wildman–Crippen LogP) is 0.0966. The van der Waals surface area contributed by atoms with E-state index < -0.39 is 10.8 Å². The quantitative estimate of drug-likeness (QED) is 0.667. The Morgan fingerprint density at radius 1 is 1.46 bits per heavy atom. The molecule has 0 aromatic carbocycles. The van der Waals surface area contributed by atoms with Crippen molar-refractivity contribution in [2.24, 2.45) is 0 Å². The van der Waals surface area contributed by atoms with Gasteiger partial charge in [0.1, 0.15) is 0 Å². The number of piperidine rings is 1. The molecule has 4 heteroatoms. The predicted molar refractivity (Wildman–Crippen MR) is 57.4 cm³/mol. The van der Waals surface area contributed by atoms with Crippen LogP contribution in [0.5, 0.6) is 0 Å². The average Bonchev–Trinajstić information content (AvgIpc) is 2.19. The maximum absolute atomic E-state index is 11.1. The molecule has 0 aromatic heterocycles. The van der Waals surface area contributed by atoms with Gasteiger partial charge in [-0.1, -0.05) is 6.92 Å². The first-order valence-corrected chi connectivity index (χ1v) is 6.60. The van der Waals surface area contributed by atoms with E-state index in [-0.39, 0.29) is 0 Å². The molecule has 0 saturated carbocycles. The van der Waals surface area contributed by atoms with E-state index in [1.165, 1.54) is 12.8 Å². The largest absolute Gasteiger partial charge is 0.317 e. The van der Waals surface area contributed by atoms with Gasteiger partial charge in [-0.05, 0) is 25.9 Å². The third-order valence-electron chi connectivity index (χ3n) is 2.42. The smallest absolute Gasteiger partial charge is 0.0360 e. The normalized spacial score (nSPS) is 21.6. The fourth-order valence-electron chi connectivity index (χ4n) is 1.55. The van der Waals surface area contributed by atoms with E-state index in [4.69, 9.17) is 0 Å². The van der Waals surface area contributed by atoms with Crippen molar-refractivity contribution in [1.29, 1.82) is 0 Å². The van der Waals surface area contributed by atoms with Crippen LogP contribution in [0.25, 0.3) is 0 Å². The lowest BCUT2D eigenvalue weighted by atomic mass is 10.1. The number of hydrogen-bond acceptors (Lipinski definition) is 3. The molecule has 78 valence electrons. The Bertz CT molecular complexity index is 158. The summed E-state index contributed by atoms with van der Waals surface area (Å²) in [5, 5.41) is 6.78. The second kappa shape index (κ2) is 6.51. The van der Waals surface area contributed by atoms with Gasteiger partial charge < -0.3 is 10.6 Å². The molecule has 1 unspecified atom stereocenters. The number of nitrogens with one attached hydrogen (secondary N) is 2. The van der Waals surface area contributed by atoms with Crippen molar-refractivity contribution in [3.8, 4) is 0 Å². The van der Waals surface area contributed by atoms with Gasteiger partial charge in [0, 0.05) is 34.9 Å². The van der Waals surface area contributed by atoms with Gasteiger partial charge in [0.05, 0.1) is 0 Å². The SMILES string of the molecule is CCS(=O)CCNC1CCNCC1. The van der Waals surface area contributed by atoms with E-state index in [1.807, 2.05) is 6.92 Å². The van der Waals surface area contributed by atoms with Crippen LogP contribution in [0.3, 0.4) is 0 Å². The zero-order chi connectivity index (χ0) is 9.52. The van der Waals surface area contributed by atoms with E-state index >= 15 is 0 Å². The highest BCUT2D eigenvalue weighted by atomic mass is 32.2. The van der Waals surface area contributed by atoms with Crippen molar-refractivity contribution in [2.75, 3.05) is 31.1 Å². The monoisotopic (exact) mass is 204 g/mol. The van der Waals surface area contributed by atoms with E-state index in [2.05, 4.69) is 10.6 Å². The van der Waals surface area contributed by atoms with E-state index in [0.717, 1.165) is 31.1 Å². The van der Waals surface area contributed by atoms with Crippen LogP contribution in [0, 0.1) is 0 Å². The van der Waals surface area contributed by atoms with Crippen molar-refractivity contribution in [1.82, 2.24) is 10.6 Å². The van der Waals surface area contributed by atoms with Crippen LogP contribution in [0.4, 0.5) is 0 Å². The van der Waals surface area contributed by atoms with E-state index in [9.17, 15) is 4.21 Å². The summed E-state index contributed by atoms with van der Waals surface area (Å²) in [4.78, 5) is 0. The molecule has 1 heterocycles. The van der Waals surface area contributed by atoms with Crippen molar-refractivity contribution >= 4 is 10.8 Å². The van der Waals surface area contributed by atoms with Crippen molar-refractivity contribution in [3.05, 3.63) is 0 Å². The molecule has 2 N–H and O–H groups in total. The Labute approximate surface area is 83.1 Å². The zero-order valence-corrected chi connectivity index (χ0v) is 9.16. The molecule has 1 atom stereocenters. The number of hydrogen-bond donors (Lipinski definition) is 2. The topological polar surface area (TPSA) is 41.1 Å².